The highest BCUT2D eigenvalue weighted by atomic mass is 35.5. The lowest BCUT2D eigenvalue weighted by atomic mass is 10.1. The Hall–Kier alpha value is -2.82. The second kappa shape index (κ2) is 9.33. The standard InChI is InChI=1S/C25H26ClN3O/c1-19-7-12-22(17-24(19)26)27-25(30)21-10-8-20(9-11-21)18-28-13-15-29(16-14-28)23-5-3-2-4-6-23/h2-12,17H,13-16,18H2,1H3,(H,27,30). The van der Waals surface area contributed by atoms with Crippen molar-refractivity contribution in [3.63, 3.8) is 0 Å². The van der Waals surface area contributed by atoms with E-state index in [-0.39, 0.29) is 5.91 Å². The molecule has 0 spiro atoms. The number of amides is 1. The maximum absolute atomic E-state index is 12.5. The number of anilines is 2. The zero-order chi connectivity index (χ0) is 20.9. The van der Waals surface area contributed by atoms with Crippen molar-refractivity contribution >= 4 is 28.9 Å². The van der Waals surface area contributed by atoms with Crippen molar-refractivity contribution < 1.29 is 4.79 Å². The summed E-state index contributed by atoms with van der Waals surface area (Å²) < 4.78 is 0. The van der Waals surface area contributed by atoms with Gasteiger partial charge in [0.2, 0.25) is 0 Å². The molecule has 1 amide bonds. The van der Waals surface area contributed by atoms with E-state index in [0.717, 1.165) is 38.3 Å². The zero-order valence-corrected chi connectivity index (χ0v) is 17.9. The van der Waals surface area contributed by atoms with Gasteiger partial charge in [0.1, 0.15) is 0 Å². The Bertz CT molecular complexity index is 997. The van der Waals surface area contributed by atoms with Crippen LogP contribution in [0.15, 0.2) is 72.8 Å². The largest absolute Gasteiger partial charge is 0.369 e. The van der Waals surface area contributed by atoms with Gasteiger partial charge in [0.15, 0.2) is 0 Å². The number of carbonyl (C=O) groups excluding carboxylic acids is 1. The molecule has 0 aromatic heterocycles. The SMILES string of the molecule is Cc1ccc(NC(=O)c2ccc(CN3CCN(c4ccccc4)CC3)cc2)cc1Cl. The molecule has 0 bridgehead atoms. The van der Waals surface area contributed by atoms with Crippen LogP contribution in [-0.4, -0.2) is 37.0 Å². The van der Waals surface area contributed by atoms with E-state index in [2.05, 4.69) is 45.4 Å². The maximum atomic E-state index is 12.5. The molecule has 0 unspecified atom stereocenters. The van der Waals surface area contributed by atoms with Crippen LogP contribution in [0.3, 0.4) is 0 Å². The number of hydrogen-bond donors (Lipinski definition) is 1. The third-order valence-electron chi connectivity index (χ3n) is 5.55. The van der Waals surface area contributed by atoms with Crippen molar-refractivity contribution in [2.24, 2.45) is 0 Å². The Labute approximate surface area is 183 Å². The Kier molecular flexibility index (Phi) is 6.36. The lowest BCUT2D eigenvalue weighted by molar-refractivity contribution is 0.102. The summed E-state index contributed by atoms with van der Waals surface area (Å²) in [6, 6.07) is 24.0. The van der Waals surface area contributed by atoms with Crippen LogP contribution in [0.5, 0.6) is 0 Å². The first-order valence-electron chi connectivity index (χ1n) is 10.3. The minimum atomic E-state index is -0.127. The average molecular weight is 420 g/mol. The summed E-state index contributed by atoms with van der Waals surface area (Å²) in [6.07, 6.45) is 0. The smallest absolute Gasteiger partial charge is 0.255 e. The molecule has 4 nitrogen and oxygen atoms in total. The number of aryl methyl sites for hydroxylation is 1. The zero-order valence-electron chi connectivity index (χ0n) is 17.1. The second-order valence-corrected chi connectivity index (χ2v) is 8.12. The van der Waals surface area contributed by atoms with Crippen LogP contribution in [0.2, 0.25) is 5.02 Å². The molecular weight excluding hydrogens is 394 g/mol. The summed E-state index contributed by atoms with van der Waals surface area (Å²) in [6.45, 7) is 6.97. The average Bonchev–Trinajstić information content (AvgIpc) is 2.78. The summed E-state index contributed by atoms with van der Waals surface area (Å²) >= 11 is 6.14. The fraction of sp³-hybridized carbons (Fsp3) is 0.240. The van der Waals surface area contributed by atoms with Crippen molar-refractivity contribution in [2.45, 2.75) is 13.5 Å². The normalized spacial score (nSPS) is 14.5. The van der Waals surface area contributed by atoms with Crippen LogP contribution in [0.25, 0.3) is 0 Å². The van der Waals surface area contributed by atoms with Crippen molar-refractivity contribution in [3.05, 3.63) is 94.5 Å². The molecular formula is C25H26ClN3O. The van der Waals surface area contributed by atoms with E-state index in [1.807, 2.05) is 43.3 Å². The molecule has 3 aromatic carbocycles. The number of hydrogen-bond acceptors (Lipinski definition) is 3. The molecule has 1 aliphatic rings. The molecule has 0 radical (unpaired) electrons. The topological polar surface area (TPSA) is 35.6 Å². The molecule has 1 fully saturated rings. The van der Waals surface area contributed by atoms with Gasteiger partial charge in [-0.05, 0) is 54.4 Å². The maximum Gasteiger partial charge on any atom is 0.255 e. The van der Waals surface area contributed by atoms with Crippen LogP contribution in [-0.2, 0) is 6.54 Å². The Balaban J connectivity index is 1.30. The van der Waals surface area contributed by atoms with Crippen LogP contribution < -0.4 is 10.2 Å². The third-order valence-corrected chi connectivity index (χ3v) is 5.95. The molecule has 1 N–H and O–H groups in total. The lowest BCUT2D eigenvalue weighted by Crippen LogP contribution is -2.45. The lowest BCUT2D eigenvalue weighted by Gasteiger charge is -2.36. The first-order chi connectivity index (χ1) is 14.6. The Morgan fingerprint density at radius 2 is 1.63 bits per heavy atom. The van der Waals surface area contributed by atoms with Gasteiger partial charge in [0, 0.05) is 54.7 Å². The van der Waals surface area contributed by atoms with Crippen molar-refractivity contribution in [1.82, 2.24) is 4.90 Å². The first kappa shape index (κ1) is 20.5. The summed E-state index contributed by atoms with van der Waals surface area (Å²) in [5.74, 6) is -0.127. The van der Waals surface area contributed by atoms with Crippen LogP contribution in [0.4, 0.5) is 11.4 Å². The molecule has 5 heteroatoms. The van der Waals surface area contributed by atoms with Crippen LogP contribution in [0, 0.1) is 6.92 Å². The molecule has 1 aliphatic heterocycles. The van der Waals surface area contributed by atoms with Gasteiger partial charge in [0.05, 0.1) is 0 Å². The van der Waals surface area contributed by atoms with E-state index >= 15 is 0 Å². The fourth-order valence-corrected chi connectivity index (χ4v) is 3.88. The quantitative estimate of drug-likeness (QED) is 0.615. The van der Waals surface area contributed by atoms with Crippen LogP contribution in [0.1, 0.15) is 21.5 Å². The molecule has 154 valence electrons. The van der Waals surface area contributed by atoms with Gasteiger partial charge >= 0.3 is 0 Å². The van der Waals surface area contributed by atoms with E-state index in [0.29, 0.717) is 16.3 Å². The van der Waals surface area contributed by atoms with Crippen LogP contribution >= 0.6 is 11.6 Å². The molecule has 0 saturated carbocycles. The van der Waals surface area contributed by atoms with E-state index in [4.69, 9.17) is 11.6 Å². The number of nitrogens with zero attached hydrogens (tertiary/aromatic N) is 2. The monoisotopic (exact) mass is 419 g/mol. The van der Waals surface area contributed by atoms with E-state index in [1.54, 1.807) is 6.07 Å². The highest BCUT2D eigenvalue weighted by molar-refractivity contribution is 6.31. The molecule has 0 aliphatic carbocycles. The predicted molar refractivity (Wildman–Crippen MR) is 125 cm³/mol. The van der Waals surface area contributed by atoms with Crippen molar-refractivity contribution in [2.75, 3.05) is 36.4 Å². The molecule has 1 saturated heterocycles. The number of piperazine rings is 1. The van der Waals surface area contributed by atoms with Gasteiger partial charge in [0.25, 0.3) is 5.91 Å². The minimum absolute atomic E-state index is 0.127. The van der Waals surface area contributed by atoms with Crippen molar-refractivity contribution in [1.29, 1.82) is 0 Å². The van der Waals surface area contributed by atoms with Gasteiger partial charge < -0.3 is 10.2 Å². The summed E-state index contributed by atoms with van der Waals surface area (Å²) in [5.41, 5.74) is 4.85. The molecule has 30 heavy (non-hydrogen) atoms. The number of para-hydroxylation sites is 1. The molecule has 1 heterocycles. The Morgan fingerprint density at radius 1 is 0.933 bits per heavy atom. The van der Waals surface area contributed by atoms with E-state index < -0.39 is 0 Å². The Morgan fingerprint density at radius 3 is 2.30 bits per heavy atom. The highest BCUT2D eigenvalue weighted by Gasteiger charge is 2.17. The first-order valence-corrected chi connectivity index (χ1v) is 10.6. The summed E-state index contributed by atoms with van der Waals surface area (Å²) in [7, 11) is 0. The van der Waals surface area contributed by atoms with Gasteiger partial charge in [-0.2, -0.15) is 0 Å². The van der Waals surface area contributed by atoms with Gasteiger partial charge in [-0.25, -0.2) is 0 Å². The number of halogens is 1. The number of benzene rings is 3. The number of carbonyl (C=O) groups is 1. The fourth-order valence-electron chi connectivity index (χ4n) is 3.70. The van der Waals surface area contributed by atoms with E-state index in [1.165, 1.54) is 11.3 Å². The number of nitrogens with one attached hydrogen (secondary N) is 1. The molecule has 3 aromatic rings. The van der Waals surface area contributed by atoms with Gasteiger partial charge in [-0.1, -0.05) is 48.0 Å². The van der Waals surface area contributed by atoms with Crippen molar-refractivity contribution in [3.8, 4) is 0 Å². The summed E-state index contributed by atoms with van der Waals surface area (Å²) in [5, 5.41) is 3.56. The van der Waals surface area contributed by atoms with Gasteiger partial charge in [-0.15, -0.1) is 0 Å². The number of rotatable bonds is 5. The second-order valence-electron chi connectivity index (χ2n) is 7.71. The summed E-state index contributed by atoms with van der Waals surface area (Å²) in [4.78, 5) is 17.4. The third kappa shape index (κ3) is 5.02. The molecule has 0 atom stereocenters. The van der Waals surface area contributed by atoms with Gasteiger partial charge in [-0.3, -0.25) is 9.69 Å². The molecule has 4 rings (SSSR count). The highest BCUT2D eigenvalue weighted by Crippen LogP contribution is 2.21. The predicted octanol–water partition coefficient (Wildman–Crippen LogP) is 5.22. The minimum Gasteiger partial charge on any atom is -0.369 e. The van der Waals surface area contributed by atoms with E-state index in [9.17, 15) is 4.79 Å².